The van der Waals surface area contributed by atoms with Gasteiger partial charge in [-0.15, -0.1) is 23.2 Å². The van der Waals surface area contributed by atoms with Crippen LogP contribution in [0.1, 0.15) is 0 Å². The zero-order chi connectivity index (χ0) is 13.5. The molecule has 0 saturated heterocycles. The van der Waals surface area contributed by atoms with Crippen LogP contribution in [-0.4, -0.2) is 46.0 Å². The quantitative estimate of drug-likeness (QED) is 0.779. The van der Waals surface area contributed by atoms with E-state index in [9.17, 15) is 0 Å². The summed E-state index contributed by atoms with van der Waals surface area (Å²) < 4.78 is 0. The lowest BCUT2D eigenvalue weighted by Crippen LogP contribution is -2.27. The first kappa shape index (κ1) is 15.3. The Labute approximate surface area is 120 Å². The van der Waals surface area contributed by atoms with E-state index in [2.05, 4.69) is 33.3 Å². The fraction of sp³-hybridized carbons (Fsp3) is 0.538. The fourth-order valence-electron chi connectivity index (χ4n) is 1.87. The first-order valence-corrected chi connectivity index (χ1v) is 7.07. The van der Waals surface area contributed by atoms with Crippen molar-refractivity contribution >= 4 is 40.3 Å². The van der Waals surface area contributed by atoms with Crippen LogP contribution in [0.4, 0.5) is 17.1 Å². The summed E-state index contributed by atoms with van der Waals surface area (Å²) in [4.78, 5) is 4.29. The summed E-state index contributed by atoms with van der Waals surface area (Å²) in [6.45, 7) is 1.61. The molecule has 0 unspecified atom stereocenters. The summed E-state index contributed by atoms with van der Waals surface area (Å²) in [6, 6.07) is 6.34. The lowest BCUT2D eigenvalue weighted by molar-refractivity contribution is 0.873. The van der Waals surface area contributed by atoms with Crippen LogP contribution in [0.15, 0.2) is 18.2 Å². The van der Waals surface area contributed by atoms with Gasteiger partial charge in [0.1, 0.15) is 0 Å². The van der Waals surface area contributed by atoms with Crippen LogP contribution < -0.4 is 15.1 Å². The van der Waals surface area contributed by atoms with Gasteiger partial charge in [-0.1, -0.05) is 0 Å². The van der Waals surface area contributed by atoms with Crippen LogP contribution in [0.3, 0.4) is 0 Å². The van der Waals surface area contributed by atoms with Gasteiger partial charge in [0.05, 0.1) is 11.4 Å². The molecule has 0 aliphatic heterocycles. The Kier molecular flexibility index (Phi) is 6.44. The molecule has 0 atom stereocenters. The molecule has 1 aromatic carbocycles. The number of hydrogen-bond donors (Lipinski definition) is 1. The topological polar surface area (TPSA) is 18.5 Å². The zero-order valence-electron chi connectivity index (χ0n) is 11.2. The largest absolute Gasteiger partial charge is 0.386 e. The second kappa shape index (κ2) is 7.59. The first-order chi connectivity index (χ1) is 8.63. The number of nitrogens with zero attached hydrogens (tertiary/aromatic N) is 2. The van der Waals surface area contributed by atoms with E-state index in [-0.39, 0.29) is 0 Å². The molecule has 0 amide bonds. The van der Waals surface area contributed by atoms with Gasteiger partial charge in [-0.25, -0.2) is 0 Å². The van der Waals surface area contributed by atoms with Gasteiger partial charge < -0.3 is 15.1 Å². The molecule has 102 valence electrons. The van der Waals surface area contributed by atoms with Crippen molar-refractivity contribution in [3.63, 3.8) is 0 Å². The summed E-state index contributed by atoms with van der Waals surface area (Å²) >= 11 is 11.7. The monoisotopic (exact) mass is 289 g/mol. The van der Waals surface area contributed by atoms with Crippen LogP contribution in [0.2, 0.25) is 0 Å². The second-order valence-electron chi connectivity index (χ2n) is 4.21. The Balaban J connectivity index is 3.04. The minimum Gasteiger partial charge on any atom is -0.386 e. The molecule has 1 N–H and O–H groups in total. The molecule has 0 radical (unpaired) electrons. The Morgan fingerprint density at radius 3 is 2.17 bits per heavy atom. The number of benzene rings is 1. The third-order valence-corrected chi connectivity index (χ3v) is 3.14. The van der Waals surface area contributed by atoms with Crippen molar-refractivity contribution in [3.8, 4) is 0 Å². The molecule has 1 aromatic rings. The third kappa shape index (κ3) is 3.85. The highest BCUT2D eigenvalue weighted by Gasteiger charge is 2.09. The van der Waals surface area contributed by atoms with E-state index in [0.29, 0.717) is 11.8 Å². The maximum atomic E-state index is 5.84. The Morgan fingerprint density at radius 1 is 1.11 bits per heavy atom. The highest BCUT2D eigenvalue weighted by molar-refractivity contribution is 6.18. The number of halogens is 2. The van der Waals surface area contributed by atoms with Crippen LogP contribution in [0.25, 0.3) is 0 Å². The summed E-state index contributed by atoms with van der Waals surface area (Å²) in [7, 11) is 6.00. The van der Waals surface area contributed by atoms with Crippen molar-refractivity contribution in [2.45, 2.75) is 0 Å². The number of rotatable bonds is 7. The van der Waals surface area contributed by atoms with E-state index in [1.165, 1.54) is 0 Å². The standard InChI is InChI=1S/C13H21Cl2N3/c1-16-12-5-4-11(10-13(12)17(2)3)18(8-6-14)9-7-15/h4-5,10,16H,6-9H2,1-3H3. The zero-order valence-corrected chi connectivity index (χ0v) is 12.7. The summed E-state index contributed by atoms with van der Waals surface area (Å²) in [5.74, 6) is 1.20. The average Bonchev–Trinajstić information content (AvgIpc) is 2.37. The van der Waals surface area contributed by atoms with Gasteiger partial charge in [-0.05, 0) is 18.2 Å². The fourth-order valence-corrected chi connectivity index (χ4v) is 2.28. The minimum absolute atomic E-state index is 0.599. The maximum absolute atomic E-state index is 5.84. The minimum atomic E-state index is 0.599. The third-order valence-electron chi connectivity index (χ3n) is 2.81. The highest BCUT2D eigenvalue weighted by Crippen LogP contribution is 2.29. The van der Waals surface area contributed by atoms with Gasteiger partial charge in [0.2, 0.25) is 0 Å². The van der Waals surface area contributed by atoms with Crippen LogP contribution in [0, 0.1) is 0 Å². The molecule has 0 fully saturated rings. The van der Waals surface area contributed by atoms with Gasteiger partial charge in [0, 0.05) is 51.7 Å². The van der Waals surface area contributed by atoms with Gasteiger partial charge in [-0.3, -0.25) is 0 Å². The smallest absolute Gasteiger partial charge is 0.0617 e. The summed E-state index contributed by atoms with van der Waals surface area (Å²) in [6.07, 6.45) is 0. The Bertz CT molecular complexity index is 363. The van der Waals surface area contributed by atoms with Gasteiger partial charge >= 0.3 is 0 Å². The lowest BCUT2D eigenvalue weighted by atomic mass is 10.2. The van der Waals surface area contributed by atoms with Crippen molar-refractivity contribution in [2.75, 3.05) is 61.1 Å². The van der Waals surface area contributed by atoms with E-state index in [4.69, 9.17) is 23.2 Å². The molecule has 0 spiro atoms. The molecule has 0 aliphatic rings. The van der Waals surface area contributed by atoms with Crippen molar-refractivity contribution in [1.29, 1.82) is 0 Å². The molecule has 0 bridgehead atoms. The molecular formula is C13H21Cl2N3. The van der Waals surface area contributed by atoms with Gasteiger partial charge in [0.15, 0.2) is 0 Å². The average molecular weight is 290 g/mol. The van der Waals surface area contributed by atoms with E-state index >= 15 is 0 Å². The number of alkyl halides is 2. The van der Waals surface area contributed by atoms with E-state index in [1.807, 2.05) is 21.1 Å². The molecule has 0 aromatic heterocycles. The van der Waals surface area contributed by atoms with E-state index in [1.54, 1.807) is 0 Å². The van der Waals surface area contributed by atoms with Crippen molar-refractivity contribution < 1.29 is 0 Å². The van der Waals surface area contributed by atoms with Crippen molar-refractivity contribution in [2.24, 2.45) is 0 Å². The SMILES string of the molecule is CNc1ccc(N(CCCl)CCCl)cc1N(C)C. The van der Waals surface area contributed by atoms with Crippen LogP contribution >= 0.6 is 23.2 Å². The molecule has 0 heterocycles. The summed E-state index contributed by atoms with van der Waals surface area (Å²) in [5.41, 5.74) is 3.42. The molecule has 18 heavy (non-hydrogen) atoms. The number of anilines is 3. The predicted octanol–water partition coefficient (Wildman–Crippen LogP) is 3.08. The molecule has 0 aliphatic carbocycles. The second-order valence-corrected chi connectivity index (χ2v) is 4.97. The number of nitrogens with one attached hydrogen (secondary N) is 1. The van der Waals surface area contributed by atoms with E-state index < -0.39 is 0 Å². The lowest BCUT2D eigenvalue weighted by Gasteiger charge is -2.26. The van der Waals surface area contributed by atoms with Crippen molar-refractivity contribution in [1.82, 2.24) is 0 Å². The molecule has 0 saturated carbocycles. The van der Waals surface area contributed by atoms with Gasteiger partial charge in [0.25, 0.3) is 0 Å². The number of hydrogen-bond acceptors (Lipinski definition) is 3. The molecule has 3 nitrogen and oxygen atoms in total. The molecule has 1 rings (SSSR count). The Morgan fingerprint density at radius 2 is 1.72 bits per heavy atom. The molecule has 5 heteroatoms. The normalized spacial score (nSPS) is 10.3. The highest BCUT2D eigenvalue weighted by atomic mass is 35.5. The first-order valence-electron chi connectivity index (χ1n) is 6.00. The van der Waals surface area contributed by atoms with Crippen molar-refractivity contribution in [3.05, 3.63) is 18.2 Å². The van der Waals surface area contributed by atoms with Crippen LogP contribution in [-0.2, 0) is 0 Å². The van der Waals surface area contributed by atoms with Crippen LogP contribution in [0.5, 0.6) is 0 Å². The molecular weight excluding hydrogens is 269 g/mol. The van der Waals surface area contributed by atoms with Gasteiger partial charge in [-0.2, -0.15) is 0 Å². The maximum Gasteiger partial charge on any atom is 0.0617 e. The Hall–Kier alpha value is -0.800. The van der Waals surface area contributed by atoms with E-state index in [0.717, 1.165) is 30.2 Å². The summed E-state index contributed by atoms with van der Waals surface area (Å²) in [5, 5.41) is 3.19. The predicted molar refractivity (Wildman–Crippen MR) is 84.0 cm³/mol.